The van der Waals surface area contributed by atoms with Crippen LogP contribution >= 0.6 is 0 Å². The first-order chi connectivity index (χ1) is 9.24. The number of rotatable bonds is 6. The number of hydrogen-bond donors (Lipinski definition) is 2. The maximum atomic E-state index is 12.0. The number of carbonyl (C=O) groups excluding carboxylic acids is 1. The summed E-state index contributed by atoms with van der Waals surface area (Å²) in [4.78, 5) is 12.0. The Morgan fingerprint density at radius 3 is 2.63 bits per heavy atom. The Morgan fingerprint density at radius 2 is 2.05 bits per heavy atom. The van der Waals surface area contributed by atoms with Crippen LogP contribution in [0.2, 0.25) is 0 Å². The van der Waals surface area contributed by atoms with E-state index >= 15 is 0 Å². The predicted octanol–water partition coefficient (Wildman–Crippen LogP) is 1.64. The Bertz CT molecular complexity index is 444. The van der Waals surface area contributed by atoms with Crippen LogP contribution in [0, 0.1) is 5.92 Å². The van der Waals surface area contributed by atoms with Gasteiger partial charge in [-0.15, -0.1) is 0 Å². The van der Waals surface area contributed by atoms with Crippen molar-refractivity contribution in [1.82, 2.24) is 5.32 Å². The number of amides is 1. The third-order valence-electron chi connectivity index (χ3n) is 2.97. The van der Waals surface area contributed by atoms with Crippen LogP contribution in [0.3, 0.4) is 0 Å². The van der Waals surface area contributed by atoms with Gasteiger partial charge in [0.2, 0.25) is 5.91 Å². The Kier molecular flexibility index (Phi) is 4.63. The van der Waals surface area contributed by atoms with Crippen molar-refractivity contribution in [3.8, 4) is 11.5 Å². The fourth-order valence-corrected chi connectivity index (χ4v) is 1.85. The highest BCUT2D eigenvalue weighted by molar-refractivity contribution is 5.95. The van der Waals surface area contributed by atoms with Gasteiger partial charge in [-0.2, -0.15) is 0 Å². The largest absolute Gasteiger partial charge is 0.494 e. The lowest BCUT2D eigenvalue weighted by atomic mass is 10.0. The molecule has 1 fully saturated rings. The SMILES string of the molecule is CCOc1ccc(OCC)c(NC(=O)C2CNC2)c1. The number of benzene rings is 1. The lowest BCUT2D eigenvalue weighted by Crippen LogP contribution is -2.48. The molecule has 0 spiro atoms. The van der Waals surface area contributed by atoms with Crippen LogP contribution in [0.4, 0.5) is 5.69 Å². The number of nitrogens with one attached hydrogen (secondary N) is 2. The van der Waals surface area contributed by atoms with Crippen molar-refractivity contribution in [2.24, 2.45) is 5.92 Å². The van der Waals surface area contributed by atoms with Crippen molar-refractivity contribution >= 4 is 11.6 Å². The van der Waals surface area contributed by atoms with Gasteiger partial charge in [-0.25, -0.2) is 0 Å². The first kappa shape index (κ1) is 13.7. The number of carbonyl (C=O) groups is 1. The number of anilines is 1. The van der Waals surface area contributed by atoms with E-state index < -0.39 is 0 Å². The van der Waals surface area contributed by atoms with Crippen LogP contribution in [0.25, 0.3) is 0 Å². The molecule has 2 rings (SSSR count). The summed E-state index contributed by atoms with van der Waals surface area (Å²) in [5.74, 6) is 1.47. The Hall–Kier alpha value is -1.75. The molecule has 5 heteroatoms. The number of ether oxygens (including phenoxy) is 2. The van der Waals surface area contributed by atoms with Crippen LogP contribution < -0.4 is 20.1 Å². The molecule has 0 atom stereocenters. The summed E-state index contributed by atoms with van der Waals surface area (Å²) < 4.78 is 11.0. The van der Waals surface area contributed by atoms with Gasteiger partial charge >= 0.3 is 0 Å². The zero-order chi connectivity index (χ0) is 13.7. The molecule has 1 heterocycles. The summed E-state index contributed by atoms with van der Waals surface area (Å²) in [7, 11) is 0. The fourth-order valence-electron chi connectivity index (χ4n) is 1.85. The molecule has 5 nitrogen and oxygen atoms in total. The quantitative estimate of drug-likeness (QED) is 0.820. The predicted molar refractivity (Wildman–Crippen MR) is 73.8 cm³/mol. The van der Waals surface area contributed by atoms with E-state index in [1.807, 2.05) is 26.0 Å². The average Bonchev–Trinajstić information content (AvgIpc) is 2.30. The van der Waals surface area contributed by atoms with Gasteiger partial charge in [-0.05, 0) is 26.0 Å². The summed E-state index contributed by atoms with van der Waals surface area (Å²) in [6, 6.07) is 5.47. The van der Waals surface area contributed by atoms with E-state index in [1.165, 1.54) is 0 Å². The fraction of sp³-hybridized carbons (Fsp3) is 0.500. The molecule has 1 aliphatic heterocycles. The minimum Gasteiger partial charge on any atom is -0.494 e. The second-order valence-electron chi connectivity index (χ2n) is 4.37. The molecule has 0 radical (unpaired) electrons. The van der Waals surface area contributed by atoms with E-state index in [4.69, 9.17) is 9.47 Å². The molecule has 0 unspecified atom stereocenters. The Balaban J connectivity index is 2.13. The van der Waals surface area contributed by atoms with Crippen molar-refractivity contribution < 1.29 is 14.3 Å². The average molecular weight is 264 g/mol. The third kappa shape index (κ3) is 3.38. The topological polar surface area (TPSA) is 59.6 Å². The maximum absolute atomic E-state index is 12.0. The second-order valence-corrected chi connectivity index (χ2v) is 4.37. The lowest BCUT2D eigenvalue weighted by Gasteiger charge is -2.26. The summed E-state index contributed by atoms with van der Waals surface area (Å²) in [5, 5.41) is 5.99. The summed E-state index contributed by atoms with van der Waals surface area (Å²) in [5.41, 5.74) is 0.671. The van der Waals surface area contributed by atoms with Crippen LogP contribution in [-0.2, 0) is 4.79 Å². The van der Waals surface area contributed by atoms with E-state index in [9.17, 15) is 4.79 Å². The van der Waals surface area contributed by atoms with Crippen molar-refractivity contribution in [2.75, 3.05) is 31.6 Å². The summed E-state index contributed by atoms with van der Waals surface area (Å²) >= 11 is 0. The number of hydrogen-bond acceptors (Lipinski definition) is 4. The van der Waals surface area contributed by atoms with E-state index in [1.54, 1.807) is 6.07 Å². The van der Waals surface area contributed by atoms with Crippen LogP contribution in [0.5, 0.6) is 11.5 Å². The summed E-state index contributed by atoms with van der Waals surface area (Å²) in [6.07, 6.45) is 0. The van der Waals surface area contributed by atoms with Crippen molar-refractivity contribution in [1.29, 1.82) is 0 Å². The van der Waals surface area contributed by atoms with Crippen molar-refractivity contribution in [3.05, 3.63) is 18.2 Å². The highest BCUT2D eigenvalue weighted by atomic mass is 16.5. The normalized spacial score (nSPS) is 14.6. The van der Waals surface area contributed by atoms with Gasteiger partial charge in [0.1, 0.15) is 11.5 Å². The first-order valence-corrected chi connectivity index (χ1v) is 6.65. The van der Waals surface area contributed by atoms with Crippen LogP contribution in [0.1, 0.15) is 13.8 Å². The molecule has 104 valence electrons. The molecule has 1 saturated heterocycles. The minimum absolute atomic E-state index is 0.0216. The molecular formula is C14H20N2O3. The molecule has 0 aliphatic carbocycles. The Labute approximate surface area is 113 Å². The molecule has 0 bridgehead atoms. The van der Waals surface area contributed by atoms with Crippen molar-refractivity contribution in [2.45, 2.75) is 13.8 Å². The van der Waals surface area contributed by atoms with Gasteiger partial charge in [0, 0.05) is 19.2 Å². The highest BCUT2D eigenvalue weighted by Crippen LogP contribution is 2.30. The summed E-state index contributed by atoms with van der Waals surface area (Å²) in [6.45, 7) is 6.46. The monoisotopic (exact) mass is 264 g/mol. The van der Waals surface area contributed by atoms with E-state index in [0.717, 1.165) is 18.8 Å². The van der Waals surface area contributed by atoms with Gasteiger partial charge in [-0.3, -0.25) is 4.79 Å². The minimum atomic E-state index is 0.0216. The Morgan fingerprint density at radius 1 is 1.32 bits per heavy atom. The van der Waals surface area contributed by atoms with Crippen LogP contribution in [0.15, 0.2) is 18.2 Å². The standard InChI is InChI=1S/C14H20N2O3/c1-3-18-11-5-6-13(19-4-2)12(7-11)16-14(17)10-8-15-9-10/h5-7,10,15H,3-4,8-9H2,1-2H3,(H,16,17). The first-order valence-electron chi connectivity index (χ1n) is 6.65. The van der Waals surface area contributed by atoms with E-state index in [0.29, 0.717) is 24.7 Å². The van der Waals surface area contributed by atoms with Crippen molar-refractivity contribution in [3.63, 3.8) is 0 Å². The van der Waals surface area contributed by atoms with Gasteiger partial charge < -0.3 is 20.1 Å². The molecule has 1 amide bonds. The zero-order valence-corrected chi connectivity index (χ0v) is 11.4. The molecule has 1 aliphatic rings. The van der Waals surface area contributed by atoms with Gasteiger partial charge in [0.15, 0.2) is 0 Å². The van der Waals surface area contributed by atoms with Gasteiger partial charge in [0.05, 0.1) is 24.8 Å². The van der Waals surface area contributed by atoms with Crippen LogP contribution in [-0.4, -0.2) is 32.2 Å². The molecule has 19 heavy (non-hydrogen) atoms. The van der Waals surface area contributed by atoms with E-state index in [-0.39, 0.29) is 11.8 Å². The molecule has 0 saturated carbocycles. The highest BCUT2D eigenvalue weighted by Gasteiger charge is 2.25. The van der Waals surface area contributed by atoms with Gasteiger partial charge in [-0.1, -0.05) is 0 Å². The molecular weight excluding hydrogens is 244 g/mol. The molecule has 0 aromatic heterocycles. The van der Waals surface area contributed by atoms with Gasteiger partial charge in [0.25, 0.3) is 0 Å². The smallest absolute Gasteiger partial charge is 0.230 e. The maximum Gasteiger partial charge on any atom is 0.230 e. The second kappa shape index (κ2) is 6.43. The van der Waals surface area contributed by atoms with E-state index in [2.05, 4.69) is 10.6 Å². The molecule has 2 N–H and O–H groups in total. The molecule has 1 aromatic rings. The third-order valence-corrected chi connectivity index (χ3v) is 2.97. The zero-order valence-electron chi connectivity index (χ0n) is 11.4. The lowest BCUT2D eigenvalue weighted by molar-refractivity contribution is -0.121. The molecule has 1 aromatic carbocycles.